The molecule has 0 heterocycles. The molecule has 0 heteroatoms. The maximum absolute atomic E-state index is 2.52. The molecule has 27 heavy (non-hydrogen) atoms. The highest BCUT2D eigenvalue weighted by Gasteiger charge is 2.39. The molecule has 3 aromatic rings. The molecule has 1 aliphatic carbocycles. The number of rotatable bonds is 5. The van der Waals surface area contributed by atoms with Gasteiger partial charge in [-0.05, 0) is 81.7 Å². The van der Waals surface area contributed by atoms with E-state index < -0.39 is 0 Å². The van der Waals surface area contributed by atoms with Gasteiger partial charge in [0, 0.05) is 0 Å². The number of fused-ring (bicyclic) bond motifs is 5. The molecule has 0 amide bonds. The molecule has 0 fully saturated rings. The van der Waals surface area contributed by atoms with Crippen LogP contribution in [0.1, 0.15) is 70.1 Å². The molecule has 0 unspecified atom stereocenters. The Morgan fingerprint density at radius 2 is 1.56 bits per heavy atom. The van der Waals surface area contributed by atoms with Crippen LogP contribution in [0.2, 0.25) is 0 Å². The first-order chi connectivity index (χ1) is 12.9. The lowest BCUT2D eigenvalue weighted by atomic mass is 9.71. The Bertz CT molecular complexity index is 978. The van der Waals surface area contributed by atoms with E-state index in [9.17, 15) is 0 Å². The molecule has 3 aromatic carbocycles. The lowest BCUT2D eigenvalue weighted by Crippen LogP contribution is -2.27. The fourth-order valence-corrected chi connectivity index (χ4v) is 5.38. The number of aryl methyl sites for hydroxylation is 2. The summed E-state index contributed by atoms with van der Waals surface area (Å²) in [6, 6.07) is 16.3. The first-order valence-corrected chi connectivity index (χ1v) is 10.9. The highest BCUT2D eigenvalue weighted by molar-refractivity contribution is 6.09. The van der Waals surface area contributed by atoms with E-state index in [-0.39, 0.29) is 0 Å². The average molecular weight is 359 g/mol. The van der Waals surface area contributed by atoms with Gasteiger partial charge in [-0.2, -0.15) is 0 Å². The molecule has 0 spiro atoms. The van der Waals surface area contributed by atoms with Gasteiger partial charge in [0.1, 0.15) is 0 Å². The summed E-state index contributed by atoms with van der Waals surface area (Å²) in [5, 5.41) is 5.73. The summed E-state index contributed by atoms with van der Waals surface area (Å²) in [4.78, 5) is 0. The molecule has 0 bridgehead atoms. The predicted octanol–water partition coefficient (Wildman–Crippen LogP) is 7.97. The zero-order valence-corrected chi connectivity index (χ0v) is 17.7. The molecule has 0 nitrogen and oxygen atoms in total. The predicted molar refractivity (Wildman–Crippen MR) is 120 cm³/mol. The van der Waals surface area contributed by atoms with Crippen molar-refractivity contribution in [3.8, 4) is 0 Å². The van der Waals surface area contributed by atoms with Crippen molar-refractivity contribution in [2.45, 2.75) is 72.1 Å². The highest BCUT2D eigenvalue weighted by Crippen LogP contribution is 2.48. The number of hydrogen-bond acceptors (Lipinski definition) is 0. The van der Waals surface area contributed by atoms with Crippen LogP contribution in [0.5, 0.6) is 0 Å². The third-order valence-electron chi connectivity index (χ3n) is 7.40. The summed E-state index contributed by atoms with van der Waals surface area (Å²) in [5.41, 5.74) is 4.95. The van der Waals surface area contributed by atoms with Gasteiger partial charge in [0.2, 0.25) is 0 Å². The van der Waals surface area contributed by atoms with E-state index in [2.05, 4.69) is 77.1 Å². The largest absolute Gasteiger partial charge is 0.0628 e. The molecule has 0 aliphatic heterocycles. The van der Waals surface area contributed by atoms with E-state index in [1.807, 2.05) is 0 Å². The molecular weight excluding hydrogens is 324 g/mol. The van der Waals surface area contributed by atoms with E-state index in [1.165, 1.54) is 59.2 Å². The normalized spacial score (nSPS) is 20.5. The molecule has 0 saturated carbocycles. The summed E-state index contributed by atoms with van der Waals surface area (Å²) in [5.74, 6) is 1.57. The molecule has 142 valence electrons. The van der Waals surface area contributed by atoms with Crippen molar-refractivity contribution in [3.05, 3.63) is 59.2 Å². The van der Waals surface area contributed by atoms with Crippen molar-refractivity contribution in [3.63, 3.8) is 0 Å². The van der Waals surface area contributed by atoms with Crippen molar-refractivity contribution in [2.24, 2.45) is 11.8 Å². The van der Waals surface area contributed by atoms with Crippen molar-refractivity contribution in [2.75, 3.05) is 0 Å². The van der Waals surface area contributed by atoms with Crippen molar-refractivity contribution in [1.29, 1.82) is 0 Å². The minimum absolute atomic E-state index is 0.335. The van der Waals surface area contributed by atoms with Gasteiger partial charge >= 0.3 is 0 Å². The van der Waals surface area contributed by atoms with Crippen LogP contribution in [0.3, 0.4) is 0 Å². The Balaban J connectivity index is 1.75. The van der Waals surface area contributed by atoms with Crippen LogP contribution in [-0.4, -0.2) is 0 Å². The standard InChI is InChI=1S/C27H34/c1-18(2)8-6-10-20(4)27(5)17-16-25-24-13-12-21-19(3)9-7-11-22(21)23(24)14-15-26(25)27/h7,9,11-15,18,20H,6,8,10,16-17H2,1-5H3/t20-,27-/m1/s1. The van der Waals surface area contributed by atoms with Crippen LogP contribution in [0.15, 0.2) is 42.5 Å². The van der Waals surface area contributed by atoms with Crippen LogP contribution in [0.25, 0.3) is 21.5 Å². The zero-order chi connectivity index (χ0) is 19.2. The van der Waals surface area contributed by atoms with E-state index in [4.69, 9.17) is 0 Å². The Hall–Kier alpha value is -1.82. The lowest BCUT2D eigenvalue weighted by Gasteiger charge is -2.33. The van der Waals surface area contributed by atoms with Crippen molar-refractivity contribution < 1.29 is 0 Å². The Morgan fingerprint density at radius 1 is 0.852 bits per heavy atom. The van der Waals surface area contributed by atoms with Gasteiger partial charge in [0.15, 0.2) is 0 Å². The smallest absolute Gasteiger partial charge is 0.00435 e. The maximum atomic E-state index is 2.52. The van der Waals surface area contributed by atoms with Crippen LogP contribution >= 0.6 is 0 Å². The summed E-state index contributed by atoms with van der Waals surface area (Å²) in [7, 11) is 0. The molecular formula is C27H34. The summed E-state index contributed by atoms with van der Waals surface area (Å²) >= 11 is 0. The molecule has 4 rings (SSSR count). The number of benzene rings is 3. The van der Waals surface area contributed by atoms with E-state index >= 15 is 0 Å². The SMILES string of the molecule is Cc1cccc2c1ccc1c3c(ccc12)[C@@](C)([C@H](C)CCCC(C)C)CC3. The monoisotopic (exact) mass is 358 g/mol. The lowest BCUT2D eigenvalue weighted by molar-refractivity contribution is 0.283. The van der Waals surface area contributed by atoms with Gasteiger partial charge in [-0.15, -0.1) is 0 Å². The highest BCUT2D eigenvalue weighted by atomic mass is 14.4. The Labute approximate surface area is 165 Å². The minimum Gasteiger partial charge on any atom is -0.0628 e. The van der Waals surface area contributed by atoms with Crippen LogP contribution in [0.4, 0.5) is 0 Å². The third kappa shape index (κ3) is 3.08. The van der Waals surface area contributed by atoms with E-state index in [1.54, 1.807) is 11.1 Å². The van der Waals surface area contributed by atoms with Gasteiger partial charge in [-0.1, -0.05) is 83.0 Å². The van der Waals surface area contributed by atoms with Crippen molar-refractivity contribution in [1.82, 2.24) is 0 Å². The van der Waals surface area contributed by atoms with Crippen LogP contribution in [-0.2, 0) is 11.8 Å². The molecule has 0 aromatic heterocycles. The summed E-state index contributed by atoms with van der Waals surface area (Å²) < 4.78 is 0. The van der Waals surface area contributed by atoms with Crippen LogP contribution in [0, 0.1) is 18.8 Å². The van der Waals surface area contributed by atoms with Crippen LogP contribution < -0.4 is 0 Å². The Morgan fingerprint density at radius 3 is 2.33 bits per heavy atom. The first kappa shape index (κ1) is 18.5. The number of hydrogen-bond donors (Lipinski definition) is 0. The molecule has 2 atom stereocenters. The van der Waals surface area contributed by atoms with Gasteiger partial charge in [-0.3, -0.25) is 0 Å². The first-order valence-electron chi connectivity index (χ1n) is 10.9. The summed E-state index contributed by atoms with van der Waals surface area (Å²) in [6.07, 6.45) is 6.60. The second-order valence-corrected chi connectivity index (χ2v) is 9.57. The average Bonchev–Trinajstić information content (AvgIpc) is 3.00. The maximum Gasteiger partial charge on any atom is -0.00435 e. The quantitative estimate of drug-likeness (QED) is 0.406. The fourth-order valence-electron chi connectivity index (χ4n) is 5.38. The second-order valence-electron chi connectivity index (χ2n) is 9.57. The van der Waals surface area contributed by atoms with Gasteiger partial charge in [-0.25, -0.2) is 0 Å². The van der Waals surface area contributed by atoms with Gasteiger partial charge < -0.3 is 0 Å². The fraction of sp³-hybridized carbons (Fsp3) is 0.481. The molecule has 0 saturated heterocycles. The molecule has 1 aliphatic rings. The Kier molecular flexibility index (Phi) is 4.78. The molecule has 0 radical (unpaired) electrons. The van der Waals surface area contributed by atoms with Gasteiger partial charge in [0.25, 0.3) is 0 Å². The third-order valence-corrected chi connectivity index (χ3v) is 7.40. The van der Waals surface area contributed by atoms with E-state index in [0.29, 0.717) is 5.41 Å². The van der Waals surface area contributed by atoms with Gasteiger partial charge in [0.05, 0.1) is 0 Å². The summed E-state index contributed by atoms with van der Waals surface area (Å²) in [6.45, 7) is 11.9. The van der Waals surface area contributed by atoms with Crippen molar-refractivity contribution >= 4 is 21.5 Å². The zero-order valence-electron chi connectivity index (χ0n) is 17.7. The van der Waals surface area contributed by atoms with E-state index in [0.717, 1.165) is 11.8 Å². The molecule has 0 N–H and O–H groups in total. The topological polar surface area (TPSA) is 0 Å². The minimum atomic E-state index is 0.335. The second kappa shape index (κ2) is 6.97.